The molecular weight excluding hydrogens is 373 g/mol. The van der Waals surface area contributed by atoms with Crippen LogP contribution in [-0.4, -0.2) is 43.7 Å². The van der Waals surface area contributed by atoms with E-state index in [1.54, 1.807) is 35.2 Å². The van der Waals surface area contributed by atoms with E-state index in [9.17, 15) is 9.18 Å². The minimum Gasteiger partial charge on any atom is -0.490 e. The first-order chi connectivity index (χ1) is 14.1. The summed E-state index contributed by atoms with van der Waals surface area (Å²) in [6.07, 6.45) is 1.50. The van der Waals surface area contributed by atoms with E-state index in [1.165, 1.54) is 12.1 Å². The van der Waals surface area contributed by atoms with Gasteiger partial charge in [0, 0.05) is 12.1 Å². The first kappa shape index (κ1) is 21.1. The molecule has 0 saturated carbocycles. The highest BCUT2D eigenvalue weighted by atomic mass is 19.1. The topological polar surface area (TPSA) is 48.0 Å². The third kappa shape index (κ3) is 5.48. The molecule has 0 N–H and O–H groups in total. The first-order valence-corrected chi connectivity index (χ1v) is 10.2. The maximum Gasteiger partial charge on any atom is 0.254 e. The smallest absolute Gasteiger partial charge is 0.254 e. The van der Waals surface area contributed by atoms with Gasteiger partial charge in [0.25, 0.3) is 5.91 Å². The molecule has 0 aliphatic carbocycles. The highest BCUT2D eigenvalue weighted by Crippen LogP contribution is 2.30. The van der Waals surface area contributed by atoms with Crippen molar-refractivity contribution in [2.75, 3.05) is 32.9 Å². The lowest BCUT2D eigenvalue weighted by Crippen LogP contribution is -2.42. The van der Waals surface area contributed by atoms with Crippen LogP contribution in [0.3, 0.4) is 0 Å². The van der Waals surface area contributed by atoms with Gasteiger partial charge in [0.05, 0.1) is 26.4 Å². The predicted octanol–water partition coefficient (Wildman–Crippen LogP) is 4.62. The molecule has 1 amide bonds. The molecule has 1 aliphatic rings. The zero-order chi connectivity index (χ0) is 20.6. The number of halogens is 1. The van der Waals surface area contributed by atoms with E-state index in [2.05, 4.69) is 0 Å². The van der Waals surface area contributed by atoms with Gasteiger partial charge in [0.1, 0.15) is 11.9 Å². The van der Waals surface area contributed by atoms with Gasteiger partial charge in [0.15, 0.2) is 11.5 Å². The summed E-state index contributed by atoms with van der Waals surface area (Å²) in [6.45, 7) is 6.60. The number of hydrogen-bond acceptors (Lipinski definition) is 4. The van der Waals surface area contributed by atoms with Crippen LogP contribution in [0.1, 0.15) is 48.7 Å². The average Bonchev–Trinajstić information content (AvgIpc) is 2.76. The van der Waals surface area contributed by atoms with Gasteiger partial charge in [0.2, 0.25) is 0 Å². The van der Waals surface area contributed by atoms with E-state index in [0.717, 1.165) is 18.4 Å². The van der Waals surface area contributed by atoms with E-state index < -0.39 is 0 Å². The van der Waals surface area contributed by atoms with Crippen molar-refractivity contribution in [2.45, 2.75) is 32.8 Å². The van der Waals surface area contributed by atoms with Gasteiger partial charge in [-0.3, -0.25) is 4.79 Å². The number of hydrogen-bond donors (Lipinski definition) is 0. The molecule has 1 heterocycles. The number of carbonyl (C=O) groups excluding carboxylic acids is 1. The Hall–Kier alpha value is -2.60. The molecule has 156 valence electrons. The molecule has 6 heteroatoms. The van der Waals surface area contributed by atoms with Gasteiger partial charge in [-0.25, -0.2) is 4.39 Å². The van der Waals surface area contributed by atoms with Gasteiger partial charge in [-0.15, -0.1) is 0 Å². The molecule has 1 unspecified atom stereocenters. The summed E-state index contributed by atoms with van der Waals surface area (Å²) >= 11 is 0. The summed E-state index contributed by atoms with van der Waals surface area (Å²) in [5.74, 6) is 0.879. The van der Waals surface area contributed by atoms with Crippen LogP contribution in [-0.2, 0) is 4.74 Å². The highest BCUT2D eigenvalue weighted by Gasteiger charge is 2.27. The van der Waals surface area contributed by atoms with Crippen molar-refractivity contribution in [3.8, 4) is 11.5 Å². The summed E-state index contributed by atoms with van der Waals surface area (Å²) in [4.78, 5) is 14.9. The van der Waals surface area contributed by atoms with Crippen LogP contribution in [0.4, 0.5) is 4.39 Å². The van der Waals surface area contributed by atoms with Crippen molar-refractivity contribution in [3.05, 3.63) is 59.4 Å². The Labute approximate surface area is 171 Å². The van der Waals surface area contributed by atoms with Crippen molar-refractivity contribution in [1.29, 1.82) is 0 Å². The lowest BCUT2D eigenvalue weighted by atomic mass is 10.1. The minimum absolute atomic E-state index is 0.0798. The third-order valence-corrected chi connectivity index (χ3v) is 4.71. The molecular formula is C23H28FNO4. The molecule has 0 spiro atoms. The molecule has 2 aromatic rings. The Morgan fingerprint density at radius 3 is 2.45 bits per heavy atom. The molecule has 0 aromatic heterocycles. The molecule has 1 fully saturated rings. The van der Waals surface area contributed by atoms with E-state index in [4.69, 9.17) is 14.2 Å². The van der Waals surface area contributed by atoms with Crippen LogP contribution < -0.4 is 9.47 Å². The SMILES string of the molecule is CCCOc1ccc(C(=O)N2CCOC(c3ccc(F)cc3)C2)cc1OCCC. The standard InChI is InChI=1S/C23H28FNO4/c1-3-12-27-20-10-7-18(15-21(20)28-13-4-2)23(26)25-11-14-29-22(16-25)17-5-8-19(24)9-6-17/h5-10,15,22H,3-4,11-14,16H2,1-2H3. The second-order valence-corrected chi connectivity index (χ2v) is 7.02. The molecule has 3 rings (SSSR count). The number of carbonyl (C=O) groups is 1. The highest BCUT2D eigenvalue weighted by molar-refractivity contribution is 5.95. The Morgan fingerprint density at radius 2 is 1.76 bits per heavy atom. The van der Waals surface area contributed by atoms with Crippen molar-refractivity contribution in [1.82, 2.24) is 4.90 Å². The summed E-state index contributed by atoms with van der Waals surface area (Å²) in [5, 5.41) is 0. The molecule has 2 aromatic carbocycles. The van der Waals surface area contributed by atoms with E-state index in [1.807, 2.05) is 13.8 Å². The summed E-state index contributed by atoms with van der Waals surface area (Å²) < 4.78 is 30.5. The molecule has 1 atom stereocenters. The van der Waals surface area contributed by atoms with Gasteiger partial charge in [-0.1, -0.05) is 26.0 Å². The second-order valence-electron chi connectivity index (χ2n) is 7.02. The van der Waals surface area contributed by atoms with Crippen molar-refractivity contribution < 1.29 is 23.4 Å². The normalized spacial score (nSPS) is 16.5. The quantitative estimate of drug-likeness (QED) is 0.648. The van der Waals surface area contributed by atoms with Crippen LogP contribution >= 0.6 is 0 Å². The predicted molar refractivity (Wildman–Crippen MR) is 109 cm³/mol. The lowest BCUT2D eigenvalue weighted by Gasteiger charge is -2.33. The summed E-state index contributed by atoms with van der Waals surface area (Å²) in [5.41, 5.74) is 1.42. The molecule has 5 nitrogen and oxygen atoms in total. The van der Waals surface area contributed by atoms with Crippen LogP contribution in [0.2, 0.25) is 0 Å². The molecule has 0 bridgehead atoms. The fraction of sp³-hybridized carbons (Fsp3) is 0.435. The number of benzene rings is 2. The van der Waals surface area contributed by atoms with Gasteiger partial charge < -0.3 is 19.1 Å². The molecule has 0 radical (unpaired) electrons. The summed E-state index contributed by atoms with van der Waals surface area (Å²) in [6, 6.07) is 11.5. The van der Waals surface area contributed by atoms with Crippen molar-refractivity contribution in [2.24, 2.45) is 0 Å². The second kappa shape index (κ2) is 10.3. The van der Waals surface area contributed by atoms with Crippen LogP contribution in [0.25, 0.3) is 0 Å². The Bertz CT molecular complexity index is 809. The number of ether oxygens (including phenoxy) is 3. The fourth-order valence-corrected chi connectivity index (χ4v) is 3.19. The van der Waals surface area contributed by atoms with Crippen LogP contribution in [0.15, 0.2) is 42.5 Å². The Morgan fingerprint density at radius 1 is 1.07 bits per heavy atom. The average molecular weight is 401 g/mol. The van der Waals surface area contributed by atoms with Crippen LogP contribution in [0.5, 0.6) is 11.5 Å². The molecule has 29 heavy (non-hydrogen) atoms. The largest absolute Gasteiger partial charge is 0.490 e. The van der Waals surface area contributed by atoms with Crippen molar-refractivity contribution in [3.63, 3.8) is 0 Å². The molecule has 1 aliphatic heterocycles. The third-order valence-electron chi connectivity index (χ3n) is 4.71. The Balaban J connectivity index is 1.74. The lowest BCUT2D eigenvalue weighted by molar-refractivity contribution is -0.0228. The number of nitrogens with zero attached hydrogens (tertiary/aromatic N) is 1. The van der Waals surface area contributed by atoms with E-state index in [0.29, 0.717) is 50.0 Å². The van der Waals surface area contributed by atoms with E-state index >= 15 is 0 Å². The number of morpholine rings is 1. The Kier molecular flexibility index (Phi) is 7.47. The van der Waals surface area contributed by atoms with Gasteiger partial charge in [-0.2, -0.15) is 0 Å². The van der Waals surface area contributed by atoms with Crippen LogP contribution in [0, 0.1) is 5.82 Å². The molecule has 1 saturated heterocycles. The maximum atomic E-state index is 13.2. The number of rotatable bonds is 8. The fourth-order valence-electron chi connectivity index (χ4n) is 3.19. The summed E-state index contributed by atoms with van der Waals surface area (Å²) in [7, 11) is 0. The minimum atomic E-state index is -0.289. The zero-order valence-corrected chi connectivity index (χ0v) is 17.0. The monoisotopic (exact) mass is 401 g/mol. The zero-order valence-electron chi connectivity index (χ0n) is 17.0. The van der Waals surface area contributed by atoms with Crippen molar-refractivity contribution >= 4 is 5.91 Å². The van der Waals surface area contributed by atoms with Gasteiger partial charge >= 0.3 is 0 Å². The van der Waals surface area contributed by atoms with E-state index in [-0.39, 0.29) is 17.8 Å². The maximum absolute atomic E-state index is 13.2. The van der Waals surface area contributed by atoms with Gasteiger partial charge in [-0.05, 0) is 48.7 Å². The number of amides is 1. The first-order valence-electron chi connectivity index (χ1n) is 10.2.